The maximum Gasteiger partial charge on any atom is 0.274 e. The molecule has 0 heterocycles. The maximum absolute atomic E-state index is 12.0. The molecule has 0 fully saturated rings. The maximum atomic E-state index is 12.0. The van der Waals surface area contributed by atoms with E-state index in [-0.39, 0.29) is 11.8 Å². The second kappa shape index (κ2) is 12.7. The monoisotopic (exact) mass is 398 g/mol. The van der Waals surface area contributed by atoms with Gasteiger partial charge in [0.2, 0.25) is 5.91 Å². The number of rotatable bonds is 12. The molecular formula is C23H30N2O4. The summed E-state index contributed by atoms with van der Waals surface area (Å²) >= 11 is 0. The Kier molecular flexibility index (Phi) is 9.89. The van der Waals surface area contributed by atoms with Crippen molar-refractivity contribution in [2.24, 2.45) is 0 Å². The van der Waals surface area contributed by atoms with Gasteiger partial charge in [-0.3, -0.25) is 19.3 Å². The van der Waals surface area contributed by atoms with Crippen LogP contribution in [0.4, 0.5) is 0 Å². The Balaban J connectivity index is 1.48. The van der Waals surface area contributed by atoms with Gasteiger partial charge in [0.05, 0.1) is 13.2 Å². The zero-order valence-corrected chi connectivity index (χ0v) is 17.1. The second-order valence-electron chi connectivity index (χ2n) is 7.17. The van der Waals surface area contributed by atoms with E-state index in [1.165, 1.54) is 5.56 Å². The minimum absolute atomic E-state index is 0.139. The van der Waals surface area contributed by atoms with Crippen molar-refractivity contribution in [3.63, 3.8) is 0 Å². The minimum Gasteiger partial charge on any atom is -0.273 e. The summed E-state index contributed by atoms with van der Waals surface area (Å²) in [4.78, 5) is 34.1. The molecule has 2 aromatic carbocycles. The number of amides is 2. The Morgan fingerprint density at radius 2 is 1.59 bits per heavy atom. The Hall–Kier alpha value is -2.70. The summed E-state index contributed by atoms with van der Waals surface area (Å²) in [6, 6.07) is 17.2. The van der Waals surface area contributed by atoms with Crippen molar-refractivity contribution in [3.8, 4) is 0 Å². The molecule has 2 amide bonds. The third-order valence-electron chi connectivity index (χ3n) is 4.42. The van der Waals surface area contributed by atoms with Crippen LogP contribution in [-0.4, -0.2) is 18.4 Å². The molecule has 0 bridgehead atoms. The van der Waals surface area contributed by atoms with Crippen LogP contribution < -0.4 is 11.0 Å². The molecule has 2 N–H and O–H groups in total. The molecule has 0 saturated carbocycles. The van der Waals surface area contributed by atoms with Gasteiger partial charge in [0.1, 0.15) is 0 Å². The predicted molar refractivity (Wildman–Crippen MR) is 112 cm³/mol. The average Bonchev–Trinajstić information content (AvgIpc) is 2.73. The van der Waals surface area contributed by atoms with E-state index in [1.54, 1.807) is 12.1 Å². The lowest BCUT2D eigenvalue weighted by atomic mass is 10.0. The highest BCUT2D eigenvalue weighted by molar-refractivity contribution is 5.93. The number of hydrogen-bond donors (Lipinski definition) is 2. The summed E-state index contributed by atoms with van der Waals surface area (Å²) < 4.78 is 0. The van der Waals surface area contributed by atoms with Gasteiger partial charge in [-0.25, -0.2) is 11.0 Å². The van der Waals surface area contributed by atoms with Gasteiger partial charge < -0.3 is 0 Å². The molecule has 0 aliphatic carbocycles. The van der Waals surface area contributed by atoms with E-state index in [0.29, 0.717) is 31.1 Å². The van der Waals surface area contributed by atoms with Gasteiger partial charge in [-0.1, -0.05) is 62.7 Å². The van der Waals surface area contributed by atoms with E-state index < -0.39 is 0 Å². The van der Waals surface area contributed by atoms with Crippen LogP contribution in [-0.2, 0) is 21.1 Å². The highest BCUT2D eigenvalue weighted by atomic mass is 16.7. The standard InChI is InChI=1S/C23H30N2O4/c1-18(2)20-12-14-21(15-13-20)23(27)25-28-16-8-4-7-11-22(26)24-29-17-19-9-5-3-6-10-19/h3,5-6,9-10,12-15,18H,4,7-8,11,16-17H2,1-2H3,(H,24,26)(H,25,27). The summed E-state index contributed by atoms with van der Waals surface area (Å²) in [5.74, 6) is 0.0381. The average molecular weight is 399 g/mol. The molecule has 0 radical (unpaired) electrons. The largest absolute Gasteiger partial charge is 0.274 e. The Bertz CT molecular complexity index is 745. The Morgan fingerprint density at radius 1 is 0.862 bits per heavy atom. The van der Waals surface area contributed by atoms with Crippen molar-refractivity contribution >= 4 is 11.8 Å². The van der Waals surface area contributed by atoms with Crippen LogP contribution in [0.25, 0.3) is 0 Å². The zero-order valence-electron chi connectivity index (χ0n) is 17.1. The van der Waals surface area contributed by atoms with Crippen LogP contribution in [0.15, 0.2) is 54.6 Å². The van der Waals surface area contributed by atoms with Gasteiger partial charge in [-0.2, -0.15) is 0 Å². The summed E-state index contributed by atoms with van der Waals surface area (Å²) in [5, 5.41) is 0. The summed E-state index contributed by atoms with van der Waals surface area (Å²) in [6.07, 6.45) is 2.70. The SMILES string of the molecule is CC(C)c1ccc(C(=O)NOCCCCCC(=O)NOCc2ccccc2)cc1. The fourth-order valence-electron chi connectivity index (χ4n) is 2.66. The van der Waals surface area contributed by atoms with Crippen molar-refractivity contribution in [2.45, 2.75) is 52.1 Å². The number of hydrogen-bond acceptors (Lipinski definition) is 4. The molecule has 2 aromatic rings. The first-order valence-electron chi connectivity index (χ1n) is 10.0. The third-order valence-corrected chi connectivity index (χ3v) is 4.42. The van der Waals surface area contributed by atoms with E-state index in [4.69, 9.17) is 9.68 Å². The smallest absolute Gasteiger partial charge is 0.273 e. The zero-order chi connectivity index (χ0) is 20.9. The van der Waals surface area contributed by atoms with Crippen LogP contribution in [0.3, 0.4) is 0 Å². The van der Waals surface area contributed by atoms with Crippen LogP contribution in [0.1, 0.15) is 66.9 Å². The van der Waals surface area contributed by atoms with E-state index in [1.807, 2.05) is 42.5 Å². The summed E-state index contributed by atoms with van der Waals surface area (Å²) in [6.45, 7) is 4.97. The first-order valence-corrected chi connectivity index (χ1v) is 10.0. The number of nitrogens with one attached hydrogen (secondary N) is 2. The Morgan fingerprint density at radius 3 is 2.28 bits per heavy atom. The summed E-state index contributed by atoms with van der Waals surface area (Å²) in [7, 11) is 0. The molecule has 0 unspecified atom stereocenters. The van der Waals surface area contributed by atoms with Crippen LogP contribution in [0.5, 0.6) is 0 Å². The van der Waals surface area contributed by atoms with Crippen LogP contribution in [0, 0.1) is 0 Å². The highest BCUT2D eigenvalue weighted by Gasteiger charge is 2.06. The van der Waals surface area contributed by atoms with Gasteiger partial charge in [-0.15, -0.1) is 0 Å². The van der Waals surface area contributed by atoms with Crippen molar-refractivity contribution < 1.29 is 19.3 Å². The number of unbranched alkanes of at least 4 members (excludes halogenated alkanes) is 2. The van der Waals surface area contributed by atoms with Crippen molar-refractivity contribution in [3.05, 3.63) is 71.3 Å². The number of hydroxylamine groups is 2. The second-order valence-corrected chi connectivity index (χ2v) is 7.17. The lowest BCUT2D eigenvalue weighted by molar-refractivity contribution is -0.134. The fourth-order valence-corrected chi connectivity index (χ4v) is 2.66. The molecule has 156 valence electrons. The quantitative estimate of drug-likeness (QED) is 0.413. The third kappa shape index (κ3) is 8.89. The van der Waals surface area contributed by atoms with Gasteiger partial charge in [0.25, 0.3) is 5.91 Å². The molecule has 29 heavy (non-hydrogen) atoms. The Labute approximate surface area is 172 Å². The van der Waals surface area contributed by atoms with Crippen molar-refractivity contribution in [2.75, 3.05) is 6.61 Å². The molecule has 0 saturated heterocycles. The number of carbonyl (C=O) groups is 2. The topological polar surface area (TPSA) is 76.7 Å². The number of carbonyl (C=O) groups excluding carboxylic acids is 2. The lowest BCUT2D eigenvalue weighted by Crippen LogP contribution is -2.24. The van der Waals surface area contributed by atoms with E-state index in [9.17, 15) is 9.59 Å². The van der Waals surface area contributed by atoms with E-state index in [0.717, 1.165) is 24.8 Å². The normalized spacial score (nSPS) is 10.7. The fraction of sp³-hybridized carbons (Fsp3) is 0.391. The molecule has 0 spiro atoms. The minimum atomic E-state index is -0.254. The lowest BCUT2D eigenvalue weighted by Gasteiger charge is -2.08. The number of benzene rings is 2. The molecule has 6 nitrogen and oxygen atoms in total. The predicted octanol–water partition coefficient (Wildman–Crippen LogP) is 4.28. The molecule has 6 heteroatoms. The van der Waals surface area contributed by atoms with Gasteiger partial charge in [0.15, 0.2) is 0 Å². The van der Waals surface area contributed by atoms with Gasteiger partial charge in [-0.05, 0) is 42.0 Å². The highest BCUT2D eigenvalue weighted by Crippen LogP contribution is 2.14. The molecule has 0 atom stereocenters. The van der Waals surface area contributed by atoms with E-state index >= 15 is 0 Å². The van der Waals surface area contributed by atoms with Crippen molar-refractivity contribution in [1.82, 2.24) is 11.0 Å². The first kappa shape index (κ1) is 22.6. The van der Waals surface area contributed by atoms with Gasteiger partial charge >= 0.3 is 0 Å². The van der Waals surface area contributed by atoms with Gasteiger partial charge in [0, 0.05) is 12.0 Å². The molecule has 0 aromatic heterocycles. The van der Waals surface area contributed by atoms with Crippen molar-refractivity contribution in [1.29, 1.82) is 0 Å². The van der Waals surface area contributed by atoms with Crippen LogP contribution in [0.2, 0.25) is 0 Å². The molecule has 0 aliphatic heterocycles. The van der Waals surface area contributed by atoms with Crippen LogP contribution >= 0.6 is 0 Å². The summed E-state index contributed by atoms with van der Waals surface area (Å²) in [5.41, 5.74) is 7.67. The molecular weight excluding hydrogens is 368 g/mol. The first-order chi connectivity index (χ1) is 14.1. The molecule has 0 aliphatic rings. The van der Waals surface area contributed by atoms with E-state index in [2.05, 4.69) is 24.8 Å². The molecule has 2 rings (SSSR count).